The maximum atomic E-state index is 14.4. The normalized spacial score (nSPS) is 24.2. The van der Waals surface area contributed by atoms with Crippen LogP contribution in [-0.2, 0) is 11.2 Å². The number of nitrogens with zero attached hydrogens (tertiary/aromatic N) is 3. The van der Waals surface area contributed by atoms with E-state index in [0.717, 1.165) is 43.7 Å². The number of carbonyl (C=O) groups is 2. The molecule has 0 radical (unpaired) electrons. The largest absolute Gasteiger partial charge is 0.493 e. The lowest BCUT2D eigenvalue weighted by Gasteiger charge is -2.47. The molecule has 2 atom stereocenters. The predicted molar refractivity (Wildman–Crippen MR) is 141 cm³/mol. The van der Waals surface area contributed by atoms with Crippen molar-refractivity contribution in [2.24, 2.45) is 0 Å². The van der Waals surface area contributed by atoms with Crippen molar-refractivity contribution in [2.45, 2.75) is 56.5 Å². The van der Waals surface area contributed by atoms with Crippen LogP contribution in [0.15, 0.2) is 36.4 Å². The van der Waals surface area contributed by atoms with Gasteiger partial charge in [-0.25, -0.2) is 0 Å². The first-order valence-electron chi connectivity index (χ1n) is 13.8. The summed E-state index contributed by atoms with van der Waals surface area (Å²) in [4.78, 5) is 34.8. The van der Waals surface area contributed by atoms with E-state index in [1.807, 2.05) is 28.0 Å². The Morgan fingerprint density at radius 1 is 0.865 bits per heavy atom. The molecule has 2 fully saturated rings. The van der Waals surface area contributed by atoms with Gasteiger partial charge in [0.25, 0.3) is 5.91 Å². The molecule has 6 rings (SSSR count). The van der Waals surface area contributed by atoms with Crippen LogP contribution in [0.1, 0.15) is 71.1 Å². The Kier molecular flexibility index (Phi) is 6.57. The Bertz CT molecular complexity index is 1180. The average molecular weight is 504 g/mol. The Hall–Kier alpha value is -3.06. The third-order valence-corrected chi connectivity index (χ3v) is 9.01. The number of benzene rings is 2. The minimum absolute atomic E-state index is 0.0402. The summed E-state index contributed by atoms with van der Waals surface area (Å²) in [7, 11) is 3.17. The van der Waals surface area contributed by atoms with Gasteiger partial charge in [0.05, 0.1) is 26.2 Å². The van der Waals surface area contributed by atoms with Gasteiger partial charge in [-0.15, -0.1) is 0 Å². The van der Waals surface area contributed by atoms with Crippen molar-refractivity contribution in [1.82, 2.24) is 14.7 Å². The van der Waals surface area contributed by atoms with Gasteiger partial charge in [-0.1, -0.05) is 43.5 Å². The van der Waals surface area contributed by atoms with Crippen LogP contribution in [-0.4, -0.2) is 79.5 Å². The van der Waals surface area contributed by atoms with Gasteiger partial charge in [0.15, 0.2) is 11.5 Å². The van der Waals surface area contributed by atoms with Crippen molar-refractivity contribution < 1.29 is 19.1 Å². The monoisotopic (exact) mass is 503 g/mol. The Balaban J connectivity index is 1.37. The van der Waals surface area contributed by atoms with Crippen LogP contribution in [0.3, 0.4) is 0 Å². The van der Waals surface area contributed by atoms with Gasteiger partial charge in [0.2, 0.25) is 5.91 Å². The third kappa shape index (κ3) is 4.17. The van der Waals surface area contributed by atoms with Crippen molar-refractivity contribution in [3.63, 3.8) is 0 Å². The summed E-state index contributed by atoms with van der Waals surface area (Å²) in [6.07, 6.45) is 7.34. The number of fused-ring (bicyclic) bond motifs is 4. The second-order valence-electron chi connectivity index (χ2n) is 10.8. The lowest BCUT2D eigenvalue weighted by Crippen LogP contribution is -2.56. The average Bonchev–Trinajstić information content (AvgIpc) is 2.97. The summed E-state index contributed by atoms with van der Waals surface area (Å²) in [5.41, 5.74) is 3.61. The van der Waals surface area contributed by atoms with Gasteiger partial charge in [-0.2, -0.15) is 0 Å². The molecule has 0 bridgehead atoms. The quantitative estimate of drug-likeness (QED) is 0.631. The molecule has 2 aromatic carbocycles. The van der Waals surface area contributed by atoms with Crippen molar-refractivity contribution in [2.75, 3.05) is 46.9 Å². The predicted octanol–water partition coefficient (Wildman–Crippen LogP) is 4.02. The molecule has 7 nitrogen and oxygen atoms in total. The number of piperazine rings is 1. The molecule has 4 aliphatic rings. The number of hydrogen-bond acceptors (Lipinski definition) is 5. The van der Waals surface area contributed by atoms with E-state index >= 15 is 0 Å². The zero-order chi connectivity index (χ0) is 25.5. The highest BCUT2D eigenvalue weighted by molar-refractivity contribution is 6.02. The highest BCUT2D eigenvalue weighted by atomic mass is 16.5. The minimum atomic E-state index is -0.477. The first kappa shape index (κ1) is 24.3. The molecule has 1 aliphatic carbocycles. The molecular formula is C30H37N3O4. The zero-order valence-electron chi connectivity index (χ0n) is 21.9. The first-order valence-corrected chi connectivity index (χ1v) is 13.8. The van der Waals surface area contributed by atoms with Crippen LogP contribution in [0.2, 0.25) is 0 Å². The third-order valence-electron chi connectivity index (χ3n) is 9.01. The Morgan fingerprint density at radius 2 is 1.57 bits per heavy atom. The summed E-state index contributed by atoms with van der Waals surface area (Å²) < 4.78 is 11.1. The standard InChI is InChI=1S/C30H37N3O4/c1-36-25-18-23-24(19-26(25)37-2)29(34)33-13-12-20-8-6-7-11-22(20)28(33)27(23)30(35)32-16-14-31(15-17-32)21-9-4-3-5-10-21/h6-8,11,18-19,21,27-28H,3-5,9-10,12-17H2,1-2H3/t27-,28-/m1/s1. The van der Waals surface area contributed by atoms with Gasteiger partial charge in [-0.05, 0) is 48.1 Å². The molecule has 1 saturated carbocycles. The molecule has 0 spiro atoms. The SMILES string of the molecule is COc1cc2c(cc1OC)[C@@H](C(=O)N1CCN(C3CCCCC3)CC1)[C@H]1c3ccccc3CCN1C2=O. The molecule has 2 aromatic rings. The molecule has 7 heteroatoms. The second-order valence-corrected chi connectivity index (χ2v) is 10.8. The number of ether oxygens (including phenoxy) is 2. The maximum Gasteiger partial charge on any atom is 0.254 e. The molecule has 3 aliphatic heterocycles. The van der Waals surface area contributed by atoms with Crippen LogP contribution >= 0.6 is 0 Å². The van der Waals surface area contributed by atoms with Crippen LogP contribution in [0.5, 0.6) is 11.5 Å². The smallest absolute Gasteiger partial charge is 0.254 e. The van der Waals surface area contributed by atoms with Crippen molar-refractivity contribution >= 4 is 11.8 Å². The van der Waals surface area contributed by atoms with Crippen molar-refractivity contribution in [3.05, 3.63) is 58.7 Å². The van der Waals surface area contributed by atoms with E-state index in [9.17, 15) is 9.59 Å². The van der Waals surface area contributed by atoms with E-state index < -0.39 is 5.92 Å². The van der Waals surface area contributed by atoms with Gasteiger partial charge in [-0.3, -0.25) is 14.5 Å². The summed E-state index contributed by atoms with van der Waals surface area (Å²) in [5.74, 6) is 0.650. The van der Waals surface area contributed by atoms with Crippen LogP contribution in [0, 0.1) is 0 Å². The molecule has 1 saturated heterocycles. The Labute approximate surface area is 219 Å². The molecule has 0 N–H and O–H groups in total. The number of carbonyl (C=O) groups excluding carboxylic acids is 2. The van der Waals surface area contributed by atoms with E-state index in [1.165, 1.54) is 37.7 Å². The molecule has 196 valence electrons. The molecule has 0 unspecified atom stereocenters. The van der Waals surface area contributed by atoms with E-state index in [1.54, 1.807) is 20.3 Å². The maximum absolute atomic E-state index is 14.4. The number of rotatable bonds is 4. The number of methoxy groups -OCH3 is 2. The van der Waals surface area contributed by atoms with Crippen molar-refractivity contribution in [3.8, 4) is 11.5 Å². The first-order chi connectivity index (χ1) is 18.1. The van der Waals surface area contributed by atoms with E-state index in [0.29, 0.717) is 29.6 Å². The van der Waals surface area contributed by atoms with Gasteiger partial charge in [0, 0.05) is 44.3 Å². The van der Waals surface area contributed by atoms with E-state index in [2.05, 4.69) is 17.0 Å². The van der Waals surface area contributed by atoms with Crippen LogP contribution in [0.25, 0.3) is 0 Å². The fourth-order valence-electron chi connectivity index (χ4n) is 7.07. The summed E-state index contributed by atoms with van der Waals surface area (Å²) in [6, 6.07) is 12.3. The van der Waals surface area contributed by atoms with Crippen LogP contribution in [0.4, 0.5) is 0 Å². The fraction of sp³-hybridized carbons (Fsp3) is 0.533. The fourth-order valence-corrected chi connectivity index (χ4v) is 7.07. The van der Waals surface area contributed by atoms with Crippen LogP contribution < -0.4 is 9.47 Å². The number of amides is 2. The van der Waals surface area contributed by atoms with Gasteiger partial charge < -0.3 is 19.3 Å². The zero-order valence-corrected chi connectivity index (χ0v) is 21.9. The molecule has 37 heavy (non-hydrogen) atoms. The molecule has 0 aromatic heterocycles. The van der Waals surface area contributed by atoms with E-state index in [4.69, 9.17) is 9.47 Å². The minimum Gasteiger partial charge on any atom is -0.493 e. The highest BCUT2D eigenvalue weighted by Gasteiger charge is 2.48. The topological polar surface area (TPSA) is 62.3 Å². The lowest BCUT2D eigenvalue weighted by atomic mass is 9.75. The Morgan fingerprint density at radius 3 is 2.30 bits per heavy atom. The molecule has 2 amide bonds. The van der Waals surface area contributed by atoms with Gasteiger partial charge in [0.1, 0.15) is 0 Å². The molecule has 3 heterocycles. The highest BCUT2D eigenvalue weighted by Crippen LogP contribution is 2.49. The van der Waals surface area contributed by atoms with E-state index in [-0.39, 0.29) is 17.9 Å². The lowest BCUT2D eigenvalue weighted by molar-refractivity contribution is -0.137. The molecular weight excluding hydrogens is 466 g/mol. The summed E-state index contributed by atoms with van der Waals surface area (Å²) >= 11 is 0. The second kappa shape index (κ2) is 10.0. The summed E-state index contributed by atoms with van der Waals surface area (Å²) in [5, 5.41) is 0. The van der Waals surface area contributed by atoms with Crippen molar-refractivity contribution in [1.29, 1.82) is 0 Å². The van der Waals surface area contributed by atoms with Gasteiger partial charge >= 0.3 is 0 Å². The summed E-state index contributed by atoms with van der Waals surface area (Å²) in [6.45, 7) is 3.92. The number of hydrogen-bond donors (Lipinski definition) is 0.